The molecule has 0 aliphatic carbocycles. The second kappa shape index (κ2) is 4.75. The standard InChI is InChI=1S/C13H18FN/c1-2-3-11-8-15-9-13(11)10-4-6-12(14)7-5-10/h4-7,11,13,15H,2-3,8-9H2,1H3/t11-,13+/m1/s1. The van der Waals surface area contributed by atoms with Crippen molar-refractivity contribution in [1.29, 1.82) is 0 Å². The topological polar surface area (TPSA) is 12.0 Å². The minimum Gasteiger partial charge on any atom is -0.316 e. The predicted molar refractivity (Wildman–Crippen MR) is 60.4 cm³/mol. The van der Waals surface area contributed by atoms with Crippen LogP contribution in [0.2, 0.25) is 0 Å². The maximum Gasteiger partial charge on any atom is 0.123 e. The summed E-state index contributed by atoms with van der Waals surface area (Å²) >= 11 is 0. The molecular formula is C13H18FN. The third-order valence-corrected chi connectivity index (χ3v) is 3.30. The summed E-state index contributed by atoms with van der Waals surface area (Å²) in [4.78, 5) is 0. The number of hydrogen-bond acceptors (Lipinski definition) is 1. The Morgan fingerprint density at radius 2 is 2.00 bits per heavy atom. The molecule has 1 heterocycles. The Balaban J connectivity index is 2.11. The highest BCUT2D eigenvalue weighted by atomic mass is 19.1. The van der Waals surface area contributed by atoms with Crippen molar-refractivity contribution in [2.45, 2.75) is 25.7 Å². The first-order valence-corrected chi connectivity index (χ1v) is 5.77. The molecule has 15 heavy (non-hydrogen) atoms. The van der Waals surface area contributed by atoms with Crippen LogP contribution in [0.3, 0.4) is 0 Å². The molecule has 1 N–H and O–H groups in total. The summed E-state index contributed by atoms with van der Waals surface area (Å²) in [7, 11) is 0. The maximum atomic E-state index is 12.8. The lowest BCUT2D eigenvalue weighted by molar-refractivity contribution is 0.473. The summed E-state index contributed by atoms with van der Waals surface area (Å²) in [5.74, 6) is 1.16. The molecule has 1 aromatic carbocycles. The SMILES string of the molecule is CCC[C@@H]1CNC[C@H]1c1ccc(F)cc1. The van der Waals surface area contributed by atoms with Gasteiger partial charge in [0, 0.05) is 12.5 Å². The zero-order chi connectivity index (χ0) is 10.7. The van der Waals surface area contributed by atoms with Crippen LogP contribution in [-0.2, 0) is 0 Å². The second-order valence-electron chi connectivity index (χ2n) is 4.37. The van der Waals surface area contributed by atoms with Gasteiger partial charge in [0.1, 0.15) is 5.82 Å². The van der Waals surface area contributed by atoms with E-state index in [1.54, 1.807) is 12.1 Å². The van der Waals surface area contributed by atoms with Crippen LogP contribution >= 0.6 is 0 Å². The van der Waals surface area contributed by atoms with Crippen LogP contribution in [0.1, 0.15) is 31.2 Å². The van der Waals surface area contributed by atoms with Gasteiger partial charge in [-0.3, -0.25) is 0 Å². The molecule has 1 aromatic rings. The van der Waals surface area contributed by atoms with E-state index in [2.05, 4.69) is 12.2 Å². The zero-order valence-corrected chi connectivity index (χ0v) is 9.17. The molecule has 1 fully saturated rings. The van der Waals surface area contributed by atoms with E-state index in [9.17, 15) is 4.39 Å². The summed E-state index contributed by atoms with van der Waals surface area (Å²) in [6, 6.07) is 6.98. The third-order valence-electron chi connectivity index (χ3n) is 3.30. The van der Waals surface area contributed by atoms with Crippen molar-refractivity contribution in [1.82, 2.24) is 5.32 Å². The van der Waals surface area contributed by atoms with E-state index in [0.29, 0.717) is 5.92 Å². The van der Waals surface area contributed by atoms with Gasteiger partial charge in [-0.05, 0) is 36.6 Å². The molecule has 2 atom stereocenters. The Labute approximate surface area is 90.7 Å². The van der Waals surface area contributed by atoms with E-state index in [1.165, 1.54) is 18.4 Å². The maximum absolute atomic E-state index is 12.8. The molecule has 0 amide bonds. The number of benzene rings is 1. The average molecular weight is 207 g/mol. The van der Waals surface area contributed by atoms with Crippen molar-refractivity contribution in [3.63, 3.8) is 0 Å². The monoisotopic (exact) mass is 207 g/mol. The van der Waals surface area contributed by atoms with Crippen molar-refractivity contribution in [2.75, 3.05) is 13.1 Å². The van der Waals surface area contributed by atoms with Crippen LogP contribution in [0, 0.1) is 11.7 Å². The van der Waals surface area contributed by atoms with Crippen LogP contribution in [0.4, 0.5) is 4.39 Å². The van der Waals surface area contributed by atoms with Crippen LogP contribution in [0.15, 0.2) is 24.3 Å². The van der Waals surface area contributed by atoms with Crippen molar-refractivity contribution < 1.29 is 4.39 Å². The molecule has 0 bridgehead atoms. The smallest absolute Gasteiger partial charge is 0.123 e. The van der Waals surface area contributed by atoms with Crippen LogP contribution in [-0.4, -0.2) is 13.1 Å². The van der Waals surface area contributed by atoms with E-state index in [4.69, 9.17) is 0 Å². The van der Waals surface area contributed by atoms with E-state index >= 15 is 0 Å². The predicted octanol–water partition coefficient (Wildman–Crippen LogP) is 2.93. The quantitative estimate of drug-likeness (QED) is 0.803. The first-order chi connectivity index (χ1) is 7.31. The summed E-state index contributed by atoms with van der Waals surface area (Å²) in [6.45, 7) is 4.37. The van der Waals surface area contributed by atoms with Crippen LogP contribution < -0.4 is 5.32 Å². The molecule has 1 aliphatic rings. The van der Waals surface area contributed by atoms with Crippen molar-refractivity contribution >= 4 is 0 Å². The first kappa shape index (κ1) is 10.6. The van der Waals surface area contributed by atoms with Gasteiger partial charge in [-0.15, -0.1) is 0 Å². The van der Waals surface area contributed by atoms with Crippen molar-refractivity contribution in [2.24, 2.45) is 5.92 Å². The molecule has 2 rings (SSSR count). The lowest BCUT2D eigenvalue weighted by Crippen LogP contribution is -2.10. The fraction of sp³-hybridized carbons (Fsp3) is 0.538. The highest BCUT2D eigenvalue weighted by Gasteiger charge is 2.27. The van der Waals surface area contributed by atoms with Gasteiger partial charge in [-0.1, -0.05) is 25.5 Å². The Kier molecular flexibility index (Phi) is 3.37. The van der Waals surface area contributed by atoms with E-state index in [0.717, 1.165) is 19.0 Å². The Morgan fingerprint density at radius 1 is 1.27 bits per heavy atom. The lowest BCUT2D eigenvalue weighted by atomic mass is 9.86. The highest BCUT2D eigenvalue weighted by molar-refractivity contribution is 5.23. The summed E-state index contributed by atoms with van der Waals surface area (Å²) in [6.07, 6.45) is 2.49. The van der Waals surface area contributed by atoms with Crippen LogP contribution in [0.5, 0.6) is 0 Å². The Hall–Kier alpha value is -0.890. The molecule has 1 saturated heterocycles. The Morgan fingerprint density at radius 3 is 2.67 bits per heavy atom. The number of hydrogen-bond donors (Lipinski definition) is 1. The van der Waals surface area contributed by atoms with E-state index in [1.807, 2.05) is 12.1 Å². The lowest BCUT2D eigenvalue weighted by Gasteiger charge is -2.18. The van der Waals surface area contributed by atoms with Crippen molar-refractivity contribution in [3.8, 4) is 0 Å². The Bertz CT molecular complexity index is 307. The molecule has 1 nitrogen and oxygen atoms in total. The van der Waals surface area contributed by atoms with Gasteiger partial charge >= 0.3 is 0 Å². The van der Waals surface area contributed by atoms with E-state index in [-0.39, 0.29) is 5.82 Å². The van der Waals surface area contributed by atoms with Gasteiger partial charge in [-0.2, -0.15) is 0 Å². The first-order valence-electron chi connectivity index (χ1n) is 5.77. The van der Waals surface area contributed by atoms with Crippen molar-refractivity contribution in [3.05, 3.63) is 35.6 Å². The summed E-state index contributed by atoms with van der Waals surface area (Å²) < 4.78 is 12.8. The minimum absolute atomic E-state index is 0.142. The van der Waals surface area contributed by atoms with Crippen LogP contribution in [0.25, 0.3) is 0 Å². The second-order valence-corrected chi connectivity index (χ2v) is 4.37. The fourth-order valence-corrected chi connectivity index (χ4v) is 2.51. The minimum atomic E-state index is -0.142. The molecule has 0 unspecified atom stereocenters. The van der Waals surface area contributed by atoms with Gasteiger partial charge in [0.15, 0.2) is 0 Å². The summed E-state index contributed by atoms with van der Waals surface area (Å²) in [5.41, 5.74) is 1.28. The molecule has 0 spiro atoms. The van der Waals surface area contributed by atoms with Gasteiger partial charge in [0.2, 0.25) is 0 Å². The largest absolute Gasteiger partial charge is 0.316 e. The molecule has 0 aromatic heterocycles. The van der Waals surface area contributed by atoms with Gasteiger partial charge in [0.05, 0.1) is 0 Å². The normalized spacial score (nSPS) is 25.7. The average Bonchev–Trinajstić information content (AvgIpc) is 2.68. The molecule has 2 heteroatoms. The van der Waals surface area contributed by atoms with Gasteiger partial charge < -0.3 is 5.32 Å². The number of halogens is 1. The molecule has 82 valence electrons. The molecule has 0 radical (unpaired) electrons. The third kappa shape index (κ3) is 2.37. The number of nitrogens with one attached hydrogen (secondary N) is 1. The molecule has 1 aliphatic heterocycles. The fourth-order valence-electron chi connectivity index (χ4n) is 2.51. The molecule has 0 saturated carbocycles. The highest BCUT2D eigenvalue weighted by Crippen LogP contribution is 2.31. The molecular weight excluding hydrogens is 189 g/mol. The number of rotatable bonds is 3. The van der Waals surface area contributed by atoms with Gasteiger partial charge in [-0.25, -0.2) is 4.39 Å². The zero-order valence-electron chi connectivity index (χ0n) is 9.17. The summed E-state index contributed by atoms with van der Waals surface area (Å²) in [5, 5.41) is 3.43. The van der Waals surface area contributed by atoms with E-state index < -0.39 is 0 Å². The van der Waals surface area contributed by atoms with Gasteiger partial charge in [0.25, 0.3) is 0 Å².